The summed E-state index contributed by atoms with van der Waals surface area (Å²) in [6.45, 7) is 0. The number of amides is 1. The fourth-order valence-electron chi connectivity index (χ4n) is 2.27. The molecule has 6 nitrogen and oxygen atoms in total. The van der Waals surface area contributed by atoms with Gasteiger partial charge < -0.3 is 10.1 Å². The van der Waals surface area contributed by atoms with Crippen LogP contribution in [0, 0.1) is 5.92 Å². The number of hydrogen-bond acceptors (Lipinski definition) is 5. The fraction of sp³-hybridized carbons (Fsp3) is 0.467. The predicted octanol–water partition coefficient (Wildman–Crippen LogP) is 1.43. The lowest BCUT2D eigenvalue weighted by atomic mass is 10.2. The van der Waals surface area contributed by atoms with Crippen LogP contribution in [0.4, 0.5) is 0 Å². The predicted molar refractivity (Wildman–Crippen MR) is 88.3 cm³/mol. The second-order valence-corrected chi connectivity index (χ2v) is 8.55. The summed E-state index contributed by atoms with van der Waals surface area (Å²) in [4.78, 5) is 23.6. The zero-order valence-electron chi connectivity index (χ0n) is 12.6. The molecule has 8 heteroatoms. The number of nitrogens with one attached hydrogen (secondary N) is 1. The van der Waals surface area contributed by atoms with Crippen molar-refractivity contribution < 1.29 is 22.7 Å². The van der Waals surface area contributed by atoms with Gasteiger partial charge in [0.25, 0.3) is 0 Å². The van der Waals surface area contributed by atoms with E-state index in [-0.39, 0.29) is 11.7 Å². The van der Waals surface area contributed by atoms with Gasteiger partial charge >= 0.3 is 5.97 Å². The lowest BCUT2D eigenvalue weighted by Gasteiger charge is -2.15. The molecule has 0 bridgehead atoms. The first-order valence-electron chi connectivity index (χ1n) is 7.13. The molecule has 1 N–H and O–H groups in total. The van der Waals surface area contributed by atoms with Crippen molar-refractivity contribution in [2.45, 2.75) is 24.6 Å². The third kappa shape index (κ3) is 5.62. The maximum Gasteiger partial charge on any atom is 0.328 e. The third-order valence-corrected chi connectivity index (χ3v) is 5.46. The minimum atomic E-state index is -3.62. The molecule has 1 fully saturated rings. The molecule has 1 aliphatic carbocycles. The molecule has 0 heterocycles. The Kier molecular flexibility index (Phi) is 5.80. The van der Waals surface area contributed by atoms with Gasteiger partial charge in [0.1, 0.15) is 11.8 Å². The topological polar surface area (TPSA) is 89.5 Å². The Bertz CT molecular complexity index is 700. The summed E-state index contributed by atoms with van der Waals surface area (Å²) in [6.07, 6.45) is 1.65. The van der Waals surface area contributed by atoms with Gasteiger partial charge in [-0.05, 0) is 36.5 Å². The van der Waals surface area contributed by atoms with Gasteiger partial charge in [0.15, 0.2) is 9.84 Å². The van der Waals surface area contributed by atoms with Crippen molar-refractivity contribution in [2.24, 2.45) is 5.92 Å². The number of methoxy groups -OCH3 is 1. The highest BCUT2D eigenvalue weighted by Crippen LogP contribution is 2.33. The molecule has 0 aliphatic heterocycles. The summed E-state index contributed by atoms with van der Waals surface area (Å²) in [5.41, 5.74) is 0.596. The minimum absolute atomic E-state index is 0.0409. The summed E-state index contributed by atoms with van der Waals surface area (Å²) >= 11 is 3.27. The van der Waals surface area contributed by atoms with Gasteiger partial charge in [-0.15, -0.1) is 0 Å². The standard InChI is InChI=1S/C15H18BrNO5S/c1-22-15(19)14(11-5-6-11)17-13(18)9-23(20,21)8-10-3-2-4-12(16)7-10/h2-4,7,11,14H,5-6,8-9H2,1H3,(H,17,18). The van der Waals surface area contributed by atoms with Crippen molar-refractivity contribution in [2.75, 3.05) is 12.9 Å². The third-order valence-electron chi connectivity index (χ3n) is 3.49. The van der Waals surface area contributed by atoms with E-state index in [1.807, 2.05) is 0 Å². The molecule has 2 rings (SSSR count). The number of esters is 1. The number of ether oxygens (including phenoxy) is 1. The second-order valence-electron chi connectivity index (χ2n) is 5.57. The van der Waals surface area contributed by atoms with Crippen LogP contribution < -0.4 is 5.32 Å². The maximum atomic E-state index is 12.1. The molecule has 1 amide bonds. The number of rotatable bonds is 7. The van der Waals surface area contributed by atoms with E-state index >= 15 is 0 Å². The zero-order valence-corrected chi connectivity index (χ0v) is 15.0. The normalized spacial score (nSPS) is 15.7. The summed E-state index contributed by atoms with van der Waals surface area (Å²) in [6, 6.07) is 6.14. The molecule has 126 valence electrons. The van der Waals surface area contributed by atoms with Crippen LogP contribution in [-0.4, -0.2) is 39.2 Å². The van der Waals surface area contributed by atoms with Crippen LogP contribution in [0.2, 0.25) is 0 Å². The summed E-state index contributed by atoms with van der Waals surface area (Å²) in [5.74, 6) is -2.06. The smallest absolute Gasteiger partial charge is 0.328 e. The average Bonchev–Trinajstić information content (AvgIpc) is 3.27. The minimum Gasteiger partial charge on any atom is -0.467 e. The van der Waals surface area contributed by atoms with E-state index in [2.05, 4.69) is 26.0 Å². The van der Waals surface area contributed by atoms with Crippen molar-refractivity contribution in [3.05, 3.63) is 34.3 Å². The lowest BCUT2D eigenvalue weighted by molar-refractivity contribution is -0.145. The molecule has 1 atom stereocenters. The van der Waals surface area contributed by atoms with Crippen molar-refractivity contribution in [3.63, 3.8) is 0 Å². The second kappa shape index (κ2) is 7.44. The monoisotopic (exact) mass is 403 g/mol. The van der Waals surface area contributed by atoms with Gasteiger partial charge in [0.05, 0.1) is 12.9 Å². The Morgan fingerprint density at radius 2 is 2.09 bits per heavy atom. The fourth-order valence-corrected chi connectivity index (χ4v) is 3.99. The van der Waals surface area contributed by atoms with E-state index in [0.717, 1.165) is 17.3 Å². The van der Waals surface area contributed by atoms with E-state index in [4.69, 9.17) is 0 Å². The first-order chi connectivity index (χ1) is 10.8. The highest BCUT2D eigenvalue weighted by Gasteiger charge is 2.38. The highest BCUT2D eigenvalue weighted by molar-refractivity contribution is 9.10. The van der Waals surface area contributed by atoms with Crippen molar-refractivity contribution in [1.82, 2.24) is 5.32 Å². The van der Waals surface area contributed by atoms with E-state index in [1.54, 1.807) is 24.3 Å². The Morgan fingerprint density at radius 1 is 1.39 bits per heavy atom. The van der Waals surface area contributed by atoms with Gasteiger partial charge in [0, 0.05) is 4.47 Å². The molecule has 0 radical (unpaired) electrons. The maximum absolute atomic E-state index is 12.1. The lowest BCUT2D eigenvalue weighted by Crippen LogP contribution is -2.45. The van der Waals surface area contributed by atoms with Gasteiger partial charge in [0.2, 0.25) is 5.91 Å². The van der Waals surface area contributed by atoms with Gasteiger partial charge in [-0.3, -0.25) is 4.79 Å². The largest absolute Gasteiger partial charge is 0.467 e. The van der Waals surface area contributed by atoms with E-state index < -0.39 is 33.5 Å². The van der Waals surface area contributed by atoms with Gasteiger partial charge in [-0.25, -0.2) is 13.2 Å². The Morgan fingerprint density at radius 3 is 2.65 bits per heavy atom. The summed E-state index contributed by atoms with van der Waals surface area (Å²) in [5, 5.41) is 2.48. The summed E-state index contributed by atoms with van der Waals surface area (Å²) in [7, 11) is -2.38. The molecule has 0 saturated heterocycles. The van der Waals surface area contributed by atoms with Crippen LogP contribution in [0.15, 0.2) is 28.7 Å². The van der Waals surface area contributed by atoms with E-state index in [1.165, 1.54) is 7.11 Å². The molecule has 1 aromatic carbocycles. The number of hydrogen-bond donors (Lipinski definition) is 1. The molecule has 1 aromatic rings. The Labute approximate surface area is 143 Å². The SMILES string of the molecule is COC(=O)C(NC(=O)CS(=O)(=O)Cc1cccc(Br)c1)C1CC1. The van der Waals surface area contributed by atoms with E-state index in [9.17, 15) is 18.0 Å². The number of sulfone groups is 1. The highest BCUT2D eigenvalue weighted by atomic mass is 79.9. The zero-order chi connectivity index (χ0) is 17.0. The first kappa shape index (κ1) is 17.9. The Hall–Kier alpha value is -1.41. The van der Waals surface area contributed by atoms with Crippen LogP contribution in [0.1, 0.15) is 18.4 Å². The molecule has 0 aromatic heterocycles. The Balaban J connectivity index is 1.96. The molecule has 23 heavy (non-hydrogen) atoms. The average molecular weight is 404 g/mol. The van der Waals surface area contributed by atoms with Crippen molar-refractivity contribution in [1.29, 1.82) is 0 Å². The molecular weight excluding hydrogens is 386 g/mol. The number of benzene rings is 1. The molecular formula is C15H18BrNO5S. The first-order valence-corrected chi connectivity index (χ1v) is 9.74. The van der Waals surface area contributed by atoms with E-state index in [0.29, 0.717) is 5.56 Å². The van der Waals surface area contributed by atoms with Crippen LogP contribution in [-0.2, 0) is 29.9 Å². The number of carbonyl (C=O) groups excluding carboxylic acids is 2. The van der Waals surface area contributed by atoms with Crippen LogP contribution >= 0.6 is 15.9 Å². The van der Waals surface area contributed by atoms with Gasteiger partial charge in [-0.1, -0.05) is 28.1 Å². The molecule has 1 saturated carbocycles. The summed E-state index contributed by atoms with van der Waals surface area (Å²) < 4.78 is 29.7. The van der Waals surface area contributed by atoms with Gasteiger partial charge in [-0.2, -0.15) is 0 Å². The van der Waals surface area contributed by atoms with Crippen molar-refractivity contribution in [3.8, 4) is 0 Å². The number of halogens is 1. The molecule has 1 unspecified atom stereocenters. The van der Waals surface area contributed by atoms with Crippen molar-refractivity contribution >= 4 is 37.6 Å². The van der Waals surface area contributed by atoms with Crippen LogP contribution in [0.3, 0.4) is 0 Å². The number of carbonyl (C=O) groups is 2. The molecule has 0 spiro atoms. The molecule has 1 aliphatic rings. The van der Waals surface area contributed by atoms with Crippen LogP contribution in [0.25, 0.3) is 0 Å². The quantitative estimate of drug-likeness (QED) is 0.695. The van der Waals surface area contributed by atoms with Crippen LogP contribution in [0.5, 0.6) is 0 Å².